The van der Waals surface area contributed by atoms with E-state index in [1.165, 1.54) is 6.92 Å². The van der Waals surface area contributed by atoms with Crippen molar-refractivity contribution in [1.29, 1.82) is 0 Å². The molecule has 1 aliphatic rings. The zero-order valence-corrected chi connectivity index (χ0v) is 16.7. The van der Waals surface area contributed by atoms with Gasteiger partial charge >= 0.3 is 0 Å². The number of nitrogens with one attached hydrogen (secondary N) is 1. The van der Waals surface area contributed by atoms with Crippen LogP contribution in [-0.2, 0) is 4.79 Å². The lowest BCUT2D eigenvalue weighted by Gasteiger charge is -2.15. The highest BCUT2D eigenvalue weighted by molar-refractivity contribution is 14.1. The number of rotatable bonds is 3. The summed E-state index contributed by atoms with van der Waals surface area (Å²) in [6, 6.07) is 11.3. The number of aromatic nitrogens is 1. The topological polar surface area (TPSA) is 60.3 Å². The molecule has 0 aliphatic carbocycles. The van der Waals surface area contributed by atoms with Crippen LogP contribution in [0.2, 0.25) is 0 Å². The maximum absolute atomic E-state index is 13.1. The monoisotopic (exact) mass is 460 g/mol. The number of hydrogen-bond acceptors (Lipinski definition) is 3. The maximum Gasteiger partial charge on any atom is 0.263 e. The molecule has 2 aromatic carbocycles. The van der Waals surface area contributed by atoms with E-state index in [1.807, 2.05) is 43.3 Å². The normalized spacial score (nSPS) is 13.5. The second kappa shape index (κ2) is 6.12. The molecule has 4 rings (SSSR count). The van der Waals surface area contributed by atoms with Gasteiger partial charge in [0, 0.05) is 29.0 Å². The Labute approximate surface area is 164 Å². The first-order chi connectivity index (χ1) is 12.4. The Kier molecular flexibility index (Phi) is 4.02. The van der Waals surface area contributed by atoms with Crippen molar-refractivity contribution in [3.8, 4) is 17.0 Å². The van der Waals surface area contributed by atoms with E-state index < -0.39 is 0 Å². The standard InChI is InChI=1S/C20H17IN2O3/c1-10(22-11(2)24)18-14-8-17(26-3)15(21)9-16(14)23-19(18)12-6-4-5-7-13(12)20(23)25/h4-10H,1-3H3,(H,22,24). The summed E-state index contributed by atoms with van der Waals surface area (Å²) in [6.07, 6.45) is 0. The van der Waals surface area contributed by atoms with Gasteiger partial charge in [0.05, 0.1) is 27.9 Å². The molecule has 3 aromatic rings. The lowest BCUT2D eigenvalue weighted by atomic mass is 9.98. The minimum atomic E-state index is -0.241. The Morgan fingerprint density at radius 1 is 1.23 bits per heavy atom. The molecule has 0 saturated carbocycles. The van der Waals surface area contributed by atoms with Gasteiger partial charge in [-0.1, -0.05) is 18.2 Å². The number of halogens is 1. The van der Waals surface area contributed by atoms with Gasteiger partial charge in [0.1, 0.15) is 5.75 Å². The van der Waals surface area contributed by atoms with Crippen molar-refractivity contribution in [3.63, 3.8) is 0 Å². The molecule has 0 radical (unpaired) electrons. The molecule has 1 unspecified atom stereocenters. The summed E-state index contributed by atoms with van der Waals surface area (Å²) in [6.45, 7) is 3.44. The molecule has 0 fully saturated rings. The van der Waals surface area contributed by atoms with Gasteiger partial charge in [0.2, 0.25) is 5.91 Å². The third-order valence-electron chi connectivity index (χ3n) is 4.75. The molecular weight excluding hydrogens is 443 g/mol. The summed E-state index contributed by atoms with van der Waals surface area (Å²) in [4.78, 5) is 24.7. The number of hydrogen-bond donors (Lipinski definition) is 1. The van der Waals surface area contributed by atoms with Gasteiger partial charge in [-0.3, -0.25) is 14.2 Å². The second-order valence-corrected chi connectivity index (χ2v) is 7.54. The number of carbonyl (C=O) groups is 2. The van der Waals surface area contributed by atoms with Crippen molar-refractivity contribution in [1.82, 2.24) is 9.88 Å². The molecule has 0 spiro atoms. The van der Waals surface area contributed by atoms with Crippen LogP contribution in [0, 0.1) is 3.57 Å². The molecule has 1 amide bonds. The first-order valence-corrected chi connectivity index (χ1v) is 9.35. The maximum atomic E-state index is 13.1. The summed E-state index contributed by atoms with van der Waals surface area (Å²) in [5, 5.41) is 3.88. The molecule has 0 bridgehead atoms. The van der Waals surface area contributed by atoms with E-state index in [9.17, 15) is 9.59 Å². The Hall–Kier alpha value is -2.35. The molecule has 132 valence electrons. The zero-order chi connectivity index (χ0) is 18.6. The second-order valence-electron chi connectivity index (χ2n) is 6.37. The summed E-state index contributed by atoms with van der Waals surface area (Å²) in [5.41, 5.74) is 4.20. The largest absolute Gasteiger partial charge is 0.496 e. The van der Waals surface area contributed by atoms with Gasteiger partial charge in [0.15, 0.2) is 0 Å². The Balaban J connectivity index is 2.11. The fourth-order valence-corrected chi connectivity index (χ4v) is 4.43. The summed E-state index contributed by atoms with van der Waals surface area (Å²) in [5.74, 6) is 0.600. The lowest BCUT2D eigenvalue weighted by Crippen LogP contribution is -2.23. The van der Waals surface area contributed by atoms with Crippen LogP contribution in [0.15, 0.2) is 36.4 Å². The smallest absolute Gasteiger partial charge is 0.263 e. The number of carbonyl (C=O) groups excluding carboxylic acids is 2. The summed E-state index contributed by atoms with van der Waals surface area (Å²) < 4.78 is 8.17. The molecule has 5 nitrogen and oxygen atoms in total. The van der Waals surface area contributed by atoms with Crippen LogP contribution in [0.4, 0.5) is 0 Å². The molecule has 26 heavy (non-hydrogen) atoms. The number of ether oxygens (including phenoxy) is 1. The molecule has 2 heterocycles. The first-order valence-electron chi connectivity index (χ1n) is 8.27. The van der Waals surface area contributed by atoms with Crippen molar-refractivity contribution < 1.29 is 14.3 Å². The number of benzene rings is 2. The van der Waals surface area contributed by atoms with Gasteiger partial charge in [-0.05, 0) is 47.7 Å². The van der Waals surface area contributed by atoms with Crippen LogP contribution in [0.3, 0.4) is 0 Å². The molecule has 0 saturated heterocycles. The van der Waals surface area contributed by atoms with E-state index in [-0.39, 0.29) is 17.9 Å². The van der Waals surface area contributed by atoms with Crippen molar-refractivity contribution in [3.05, 3.63) is 51.1 Å². The highest BCUT2D eigenvalue weighted by Gasteiger charge is 2.34. The molecular formula is C20H17IN2O3. The quantitative estimate of drug-likeness (QED) is 0.468. The lowest BCUT2D eigenvalue weighted by molar-refractivity contribution is -0.119. The van der Waals surface area contributed by atoms with Crippen LogP contribution in [-0.4, -0.2) is 23.5 Å². The Morgan fingerprint density at radius 3 is 2.58 bits per heavy atom. The predicted octanol–water partition coefficient (Wildman–Crippen LogP) is 4.12. The van der Waals surface area contributed by atoms with Crippen LogP contribution in [0.5, 0.6) is 5.75 Å². The van der Waals surface area contributed by atoms with Crippen LogP contribution in [0.1, 0.15) is 35.8 Å². The van der Waals surface area contributed by atoms with Crippen LogP contribution >= 0.6 is 22.6 Å². The van der Waals surface area contributed by atoms with Crippen molar-refractivity contribution in [2.24, 2.45) is 0 Å². The van der Waals surface area contributed by atoms with Gasteiger partial charge in [-0.15, -0.1) is 0 Å². The summed E-state index contributed by atoms with van der Waals surface area (Å²) in [7, 11) is 1.63. The SMILES string of the molecule is COc1cc2c(C(C)NC(C)=O)c3n(c2cc1I)C(=O)c1ccccc1-3. The van der Waals surface area contributed by atoms with E-state index in [2.05, 4.69) is 27.9 Å². The fraction of sp³-hybridized carbons (Fsp3) is 0.200. The van der Waals surface area contributed by atoms with Crippen molar-refractivity contribution >= 4 is 45.3 Å². The van der Waals surface area contributed by atoms with Crippen LogP contribution in [0.25, 0.3) is 22.2 Å². The van der Waals surface area contributed by atoms with Crippen molar-refractivity contribution in [2.45, 2.75) is 19.9 Å². The van der Waals surface area contributed by atoms with Crippen molar-refractivity contribution in [2.75, 3.05) is 7.11 Å². The zero-order valence-electron chi connectivity index (χ0n) is 14.6. The third kappa shape index (κ3) is 2.35. The summed E-state index contributed by atoms with van der Waals surface area (Å²) >= 11 is 2.21. The van der Waals surface area contributed by atoms with Crippen LogP contribution < -0.4 is 10.1 Å². The molecule has 6 heteroatoms. The molecule has 1 aromatic heterocycles. The number of amides is 1. The minimum absolute atomic E-state index is 0.0390. The average molecular weight is 460 g/mol. The van der Waals surface area contributed by atoms with Gasteiger partial charge in [-0.2, -0.15) is 0 Å². The highest BCUT2D eigenvalue weighted by atomic mass is 127. The van der Waals surface area contributed by atoms with E-state index in [0.29, 0.717) is 5.56 Å². The van der Waals surface area contributed by atoms with Gasteiger partial charge in [-0.25, -0.2) is 0 Å². The number of methoxy groups -OCH3 is 1. The number of nitrogens with zero attached hydrogens (tertiary/aromatic N) is 1. The van der Waals surface area contributed by atoms with E-state index in [0.717, 1.165) is 37.0 Å². The van der Waals surface area contributed by atoms with E-state index >= 15 is 0 Å². The molecule has 1 aliphatic heterocycles. The molecule has 1 N–H and O–H groups in total. The van der Waals surface area contributed by atoms with Gasteiger partial charge in [0.25, 0.3) is 5.91 Å². The highest BCUT2D eigenvalue weighted by Crippen LogP contribution is 2.45. The number of fused-ring (bicyclic) bond motifs is 5. The van der Waals surface area contributed by atoms with Gasteiger partial charge < -0.3 is 10.1 Å². The first kappa shape index (κ1) is 17.1. The van der Waals surface area contributed by atoms with E-state index in [1.54, 1.807) is 11.7 Å². The average Bonchev–Trinajstić information content (AvgIpc) is 3.07. The minimum Gasteiger partial charge on any atom is -0.496 e. The fourth-order valence-electron chi connectivity index (χ4n) is 3.76. The molecule has 1 atom stereocenters. The third-order valence-corrected chi connectivity index (χ3v) is 5.59. The Bertz CT molecular complexity index is 1080. The van der Waals surface area contributed by atoms with E-state index in [4.69, 9.17) is 4.74 Å². The predicted molar refractivity (Wildman–Crippen MR) is 109 cm³/mol. The Morgan fingerprint density at radius 2 is 1.92 bits per heavy atom.